The van der Waals surface area contributed by atoms with Crippen LogP contribution < -0.4 is 5.32 Å². The Bertz CT molecular complexity index is 518. The minimum Gasteiger partial charge on any atom is -0.383 e. The van der Waals surface area contributed by atoms with E-state index in [4.69, 9.17) is 4.74 Å². The van der Waals surface area contributed by atoms with Crippen molar-refractivity contribution in [2.45, 2.75) is 31.7 Å². The number of hydrogen-bond acceptors (Lipinski definition) is 3. The summed E-state index contributed by atoms with van der Waals surface area (Å²) in [4.78, 5) is 25.9. The normalized spacial score (nSPS) is 21.3. The molecule has 126 valence electrons. The summed E-state index contributed by atoms with van der Waals surface area (Å²) >= 11 is 0. The number of nitrogens with one attached hydrogen (secondary N) is 1. The number of hydrogen-bond donors (Lipinski definition) is 1. The molecular weight excluding hydrogens is 292 g/mol. The van der Waals surface area contributed by atoms with Gasteiger partial charge in [0.25, 0.3) is 0 Å². The smallest absolute Gasteiger partial charge is 0.225 e. The number of methoxy groups -OCH3 is 1. The van der Waals surface area contributed by atoms with Gasteiger partial charge < -0.3 is 15.0 Å². The summed E-state index contributed by atoms with van der Waals surface area (Å²) in [6.07, 6.45) is 2.89. The van der Waals surface area contributed by atoms with Crippen LogP contribution in [-0.2, 0) is 20.7 Å². The number of amides is 2. The van der Waals surface area contributed by atoms with Crippen LogP contribution in [0, 0.1) is 5.92 Å². The number of carbonyl (C=O) groups excluding carboxylic acids is 2. The van der Waals surface area contributed by atoms with Gasteiger partial charge in [0, 0.05) is 27.1 Å². The number of likely N-dealkylation sites (N-methyl/N-ethyl adjacent to an activating group) is 1. The largest absolute Gasteiger partial charge is 0.383 e. The van der Waals surface area contributed by atoms with Gasteiger partial charge in [0.05, 0.1) is 18.6 Å². The molecular formula is C18H26N2O3. The minimum absolute atomic E-state index is 0.0273. The number of piperidine rings is 1. The van der Waals surface area contributed by atoms with Crippen molar-refractivity contribution in [3.63, 3.8) is 0 Å². The van der Waals surface area contributed by atoms with Crippen molar-refractivity contribution in [3.05, 3.63) is 35.9 Å². The van der Waals surface area contributed by atoms with Gasteiger partial charge in [0.2, 0.25) is 11.8 Å². The van der Waals surface area contributed by atoms with E-state index in [-0.39, 0.29) is 23.8 Å². The first-order valence-corrected chi connectivity index (χ1v) is 8.19. The van der Waals surface area contributed by atoms with Crippen molar-refractivity contribution in [3.8, 4) is 0 Å². The molecule has 1 saturated heterocycles. The number of nitrogens with zero attached hydrogens (tertiary/aromatic N) is 1. The second-order valence-electron chi connectivity index (χ2n) is 6.05. The molecule has 0 aliphatic carbocycles. The van der Waals surface area contributed by atoms with Gasteiger partial charge >= 0.3 is 0 Å². The summed E-state index contributed by atoms with van der Waals surface area (Å²) in [5.74, 6) is -0.0750. The number of rotatable bonds is 7. The standard InChI is InChI=1S/C18H26N2O3/c1-20-16(13-23-2)15(10-11-17(20)21)18(22)19-12-6-9-14-7-4-3-5-8-14/h3-5,7-8,15-16H,6,9-13H2,1-2H3,(H,19,22)/t15-,16-/m1/s1. The molecule has 1 heterocycles. The van der Waals surface area contributed by atoms with E-state index in [2.05, 4.69) is 17.4 Å². The van der Waals surface area contributed by atoms with Crippen molar-refractivity contribution in [2.24, 2.45) is 5.92 Å². The van der Waals surface area contributed by atoms with Gasteiger partial charge in [-0.1, -0.05) is 30.3 Å². The molecule has 1 aromatic rings. The van der Waals surface area contributed by atoms with Crippen LogP contribution in [0.2, 0.25) is 0 Å². The van der Waals surface area contributed by atoms with Gasteiger partial charge in [-0.05, 0) is 24.8 Å². The Morgan fingerprint density at radius 3 is 2.78 bits per heavy atom. The zero-order valence-electron chi connectivity index (χ0n) is 14.0. The summed E-state index contributed by atoms with van der Waals surface area (Å²) in [5.41, 5.74) is 1.28. The molecule has 2 atom stereocenters. The average Bonchev–Trinajstić information content (AvgIpc) is 2.57. The van der Waals surface area contributed by atoms with Crippen LogP contribution in [-0.4, -0.2) is 50.1 Å². The first-order chi connectivity index (χ1) is 11.1. The van der Waals surface area contributed by atoms with Gasteiger partial charge in [-0.3, -0.25) is 9.59 Å². The molecule has 5 heteroatoms. The molecule has 0 bridgehead atoms. The first kappa shape index (κ1) is 17.5. The predicted octanol–water partition coefficient (Wildman–Crippen LogP) is 1.62. The highest BCUT2D eigenvalue weighted by atomic mass is 16.5. The van der Waals surface area contributed by atoms with Crippen molar-refractivity contribution >= 4 is 11.8 Å². The van der Waals surface area contributed by atoms with Crippen molar-refractivity contribution in [1.82, 2.24) is 10.2 Å². The highest BCUT2D eigenvalue weighted by molar-refractivity contribution is 5.84. The second-order valence-corrected chi connectivity index (χ2v) is 6.05. The summed E-state index contributed by atoms with van der Waals surface area (Å²) in [6.45, 7) is 1.05. The maximum absolute atomic E-state index is 12.4. The Labute approximate surface area is 138 Å². The van der Waals surface area contributed by atoms with E-state index in [1.54, 1.807) is 19.1 Å². The number of ether oxygens (including phenoxy) is 1. The molecule has 0 spiro atoms. The molecule has 1 fully saturated rings. The van der Waals surface area contributed by atoms with Gasteiger partial charge in [-0.15, -0.1) is 0 Å². The van der Waals surface area contributed by atoms with Crippen LogP contribution >= 0.6 is 0 Å². The molecule has 0 radical (unpaired) electrons. The topological polar surface area (TPSA) is 58.6 Å². The minimum atomic E-state index is -0.186. The van der Waals surface area contributed by atoms with Gasteiger partial charge in [-0.2, -0.15) is 0 Å². The zero-order valence-corrected chi connectivity index (χ0v) is 14.0. The van der Waals surface area contributed by atoms with E-state index in [1.807, 2.05) is 18.2 Å². The fourth-order valence-corrected chi connectivity index (χ4v) is 3.09. The van der Waals surface area contributed by atoms with Gasteiger partial charge in [0.15, 0.2) is 0 Å². The van der Waals surface area contributed by atoms with Crippen LogP contribution in [0.1, 0.15) is 24.8 Å². The number of aryl methyl sites for hydroxylation is 1. The number of benzene rings is 1. The fourth-order valence-electron chi connectivity index (χ4n) is 3.09. The fraction of sp³-hybridized carbons (Fsp3) is 0.556. The van der Waals surface area contributed by atoms with Crippen molar-refractivity contribution < 1.29 is 14.3 Å². The third-order valence-corrected chi connectivity index (χ3v) is 4.48. The lowest BCUT2D eigenvalue weighted by Crippen LogP contribution is -2.53. The lowest BCUT2D eigenvalue weighted by atomic mass is 9.88. The van der Waals surface area contributed by atoms with Crippen molar-refractivity contribution in [1.29, 1.82) is 0 Å². The Morgan fingerprint density at radius 2 is 2.09 bits per heavy atom. The van der Waals surface area contributed by atoms with Gasteiger partial charge in [-0.25, -0.2) is 0 Å². The molecule has 23 heavy (non-hydrogen) atoms. The van der Waals surface area contributed by atoms with Crippen LogP contribution in [0.15, 0.2) is 30.3 Å². The molecule has 1 aliphatic heterocycles. The van der Waals surface area contributed by atoms with E-state index >= 15 is 0 Å². The van der Waals surface area contributed by atoms with E-state index in [1.165, 1.54) is 5.56 Å². The predicted molar refractivity (Wildman–Crippen MR) is 88.9 cm³/mol. The lowest BCUT2D eigenvalue weighted by molar-refractivity contribution is -0.143. The third kappa shape index (κ3) is 4.79. The molecule has 5 nitrogen and oxygen atoms in total. The second kappa shape index (κ2) is 8.67. The Morgan fingerprint density at radius 1 is 1.35 bits per heavy atom. The van der Waals surface area contributed by atoms with E-state index in [9.17, 15) is 9.59 Å². The lowest BCUT2D eigenvalue weighted by Gasteiger charge is -2.37. The van der Waals surface area contributed by atoms with Crippen molar-refractivity contribution in [2.75, 3.05) is 27.3 Å². The monoisotopic (exact) mass is 318 g/mol. The first-order valence-electron chi connectivity index (χ1n) is 8.19. The highest BCUT2D eigenvalue weighted by Crippen LogP contribution is 2.24. The molecule has 2 amide bonds. The Hall–Kier alpha value is -1.88. The maximum atomic E-state index is 12.4. The molecule has 1 aliphatic rings. The third-order valence-electron chi connectivity index (χ3n) is 4.48. The Kier molecular flexibility index (Phi) is 6.59. The summed E-state index contributed by atoms with van der Waals surface area (Å²) < 4.78 is 5.19. The molecule has 1 aromatic carbocycles. The molecule has 0 unspecified atom stereocenters. The van der Waals surface area contributed by atoms with E-state index in [0.29, 0.717) is 26.0 Å². The van der Waals surface area contributed by atoms with Crippen LogP contribution in [0.5, 0.6) is 0 Å². The van der Waals surface area contributed by atoms with E-state index in [0.717, 1.165) is 12.8 Å². The highest BCUT2D eigenvalue weighted by Gasteiger charge is 2.37. The zero-order chi connectivity index (χ0) is 16.7. The molecule has 0 saturated carbocycles. The molecule has 0 aromatic heterocycles. The quantitative estimate of drug-likeness (QED) is 0.777. The summed E-state index contributed by atoms with van der Waals surface area (Å²) in [5, 5.41) is 3.01. The number of likely N-dealkylation sites (tertiary alicyclic amines) is 1. The van der Waals surface area contributed by atoms with Crippen LogP contribution in [0.4, 0.5) is 0 Å². The van der Waals surface area contributed by atoms with E-state index < -0.39 is 0 Å². The van der Waals surface area contributed by atoms with Crippen LogP contribution in [0.3, 0.4) is 0 Å². The SMILES string of the molecule is COC[C@@H]1[C@H](C(=O)NCCCc2ccccc2)CCC(=O)N1C. The maximum Gasteiger partial charge on any atom is 0.225 e. The molecule has 2 rings (SSSR count). The number of carbonyl (C=O) groups is 2. The summed E-state index contributed by atoms with van der Waals surface area (Å²) in [6, 6.07) is 10.1. The average molecular weight is 318 g/mol. The Balaban J connectivity index is 1.80. The van der Waals surface area contributed by atoms with Crippen LogP contribution in [0.25, 0.3) is 0 Å². The summed E-state index contributed by atoms with van der Waals surface area (Å²) in [7, 11) is 3.35. The molecule has 1 N–H and O–H groups in total. The van der Waals surface area contributed by atoms with Gasteiger partial charge in [0.1, 0.15) is 0 Å².